The molecular formula is C14H19F3N2O. The maximum atomic E-state index is 12.7. The molecule has 1 heterocycles. The Kier molecular flexibility index (Phi) is 5.03. The van der Waals surface area contributed by atoms with Crippen molar-refractivity contribution in [2.45, 2.75) is 40.0 Å². The molecule has 0 unspecified atom stereocenters. The molecule has 0 fully saturated rings. The average molecular weight is 288 g/mol. The zero-order valence-corrected chi connectivity index (χ0v) is 12.2. The predicted octanol–water partition coefficient (Wildman–Crippen LogP) is 4.41. The number of aryl methyl sites for hydroxylation is 1. The summed E-state index contributed by atoms with van der Waals surface area (Å²) in [5.74, 6) is -0.386. The van der Waals surface area contributed by atoms with E-state index in [-0.39, 0.29) is 11.6 Å². The first-order valence-electron chi connectivity index (χ1n) is 6.49. The van der Waals surface area contributed by atoms with Gasteiger partial charge in [0.05, 0.1) is 17.1 Å². The van der Waals surface area contributed by atoms with Crippen molar-refractivity contribution in [2.75, 3.05) is 0 Å². The molecule has 2 aromatic rings. The molecule has 0 aliphatic rings. The first-order chi connectivity index (χ1) is 9.29. The highest BCUT2D eigenvalue weighted by atomic mass is 19.4. The van der Waals surface area contributed by atoms with E-state index in [1.165, 1.54) is 13.1 Å². The van der Waals surface area contributed by atoms with Gasteiger partial charge in [-0.05, 0) is 26.0 Å². The van der Waals surface area contributed by atoms with Crippen LogP contribution in [0.25, 0.3) is 11.0 Å². The average Bonchev–Trinajstić information content (AvgIpc) is 2.68. The molecule has 0 aliphatic carbocycles. The number of alkyl halides is 3. The number of aromatic nitrogens is 2. The zero-order chi connectivity index (χ0) is 15.5. The van der Waals surface area contributed by atoms with Gasteiger partial charge in [-0.25, -0.2) is 4.98 Å². The first kappa shape index (κ1) is 16.3. The van der Waals surface area contributed by atoms with E-state index in [1.54, 1.807) is 12.1 Å². The molecule has 2 rings (SSSR count). The maximum absolute atomic E-state index is 12.7. The van der Waals surface area contributed by atoms with Crippen LogP contribution in [-0.2, 0) is 13.2 Å². The summed E-state index contributed by atoms with van der Waals surface area (Å²) in [5, 5.41) is 0. The Balaban J connectivity index is 0.000000956. The van der Waals surface area contributed by atoms with Crippen LogP contribution in [0.5, 0.6) is 5.75 Å². The van der Waals surface area contributed by atoms with Crippen molar-refractivity contribution in [3.63, 3.8) is 0 Å². The summed E-state index contributed by atoms with van der Waals surface area (Å²) < 4.78 is 44.5. The number of imidazole rings is 1. The second kappa shape index (κ2) is 6.15. The van der Waals surface area contributed by atoms with Crippen LogP contribution in [-0.4, -0.2) is 15.7 Å². The van der Waals surface area contributed by atoms with Gasteiger partial charge in [-0.3, -0.25) is 0 Å². The van der Waals surface area contributed by atoms with E-state index in [0.717, 1.165) is 4.57 Å². The van der Waals surface area contributed by atoms with Crippen molar-refractivity contribution >= 4 is 11.0 Å². The van der Waals surface area contributed by atoms with Crippen molar-refractivity contribution in [1.29, 1.82) is 0 Å². The third-order valence-electron chi connectivity index (χ3n) is 2.48. The van der Waals surface area contributed by atoms with E-state index in [1.807, 2.05) is 27.7 Å². The van der Waals surface area contributed by atoms with Crippen molar-refractivity contribution in [3.8, 4) is 5.75 Å². The monoisotopic (exact) mass is 288 g/mol. The first-order valence-corrected chi connectivity index (χ1v) is 6.49. The smallest absolute Gasteiger partial charge is 0.449 e. The Morgan fingerprint density at radius 2 is 1.80 bits per heavy atom. The Hall–Kier alpha value is -1.72. The Morgan fingerprint density at radius 3 is 2.30 bits per heavy atom. The zero-order valence-electron chi connectivity index (χ0n) is 12.2. The summed E-state index contributed by atoms with van der Waals surface area (Å²) in [7, 11) is 1.35. The summed E-state index contributed by atoms with van der Waals surface area (Å²) in [4.78, 5) is 3.61. The minimum Gasteiger partial charge on any atom is -0.491 e. The molecule has 6 heteroatoms. The molecule has 0 atom stereocenters. The van der Waals surface area contributed by atoms with Crippen LogP contribution in [0.3, 0.4) is 0 Å². The number of nitrogens with zero attached hydrogens (tertiary/aromatic N) is 2. The molecule has 1 aromatic heterocycles. The minimum atomic E-state index is -4.45. The molecule has 0 bridgehead atoms. The molecule has 0 aliphatic heterocycles. The number of fused-ring (bicyclic) bond motifs is 1. The third kappa shape index (κ3) is 3.43. The number of benzene rings is 1. The maximum Gasteiger partial charge on any atom is 0.449 e. The molecule has 3 nitrogen and oxygen atoms in total. The van der Waals surface area contributed by atoms with Crippen LogP contribution in [0.2, 0.25) is 0 Å². The van der Waals surface area contributed by atoms with Gasteiger partial charge in [0, 0.05) is 13.1 Å². The highest BCUT2D eigenvalue weighted by molar-refractivity contribution is 5.77. The molecule has 0 radical (unpaired) electrons. The summed E-state index contributed by atoms with van der Waals surface area (Å²) in [5.41, 5.74) is 0.710. The standard InChI is InChI=1S/C12H13F3N2O.C2H6/c1-7(2)18-8-4-5-10-9(6-8)16-11(17(10)3)12(13,14)15;1-2/h4-7H,1-3H3;1-2H3. The van der Waals surface area contributed by atoms with E-state index in [2.05, 4.69) is 4.98 Å². The van der Waals surface area contributed by atoms with Crippen LogP contribution in [0.15, 0.2) is 18.2 Å². The largest absolute Gasteiger partial charge is 0.491 e. The molecule has 1 aromatic carbocycles. The number of hydrogen-bond donors (Lipinski definition) is 0. The Labute approximate surface area is 116 Å². The fourth-order valence-corrected chi connectivity index (χ4v) is 1.78. The van der Waals surface area contributed by atoms with Gasteiger partial charge in [-0.2, -0.15) is 13.2 Å². The van der Waals surface area contributed by atoms with Crippen molar-refractivity contribution < 1.29 is 17.9 Å². The van der Waals surface area contributed by atoms with Crippen LogP contribution < -0.4 is 4.74 Å². The van der Waals surface area contributed by atoms with Crippen LogP contribution in [0.1, 0.15) is 33.5 Å². The van der Waals surface area contributed by atoms with E-state index in [4.69, 9.17) is 4.74 Å². The molecule has 0 amide bonds. The SMILES string of the molecule is CC.CC(C)Oc1ccc2c(c1)nc(C(F)(F)F)n2C. The van der Waals surface area contributed by atoms with Gasteiger partial charge < -0.3 is 9.30 Å². The van der Waals surface area contributed by atoms with Crippen LogP contribution in [0, 0.1) is 0 Å². The van der Waals surface area contributed by atoms with Gasteiger partial charge in [0.15, 0.2) is 0 Å². The van der Waals surface area contributed by atoms with Gasteiger partial charge >= 0.3 is 6.18 Å². The molecule has 0 spiro atoms. The lowest BCUT2D eigenvalue weighted by Gasteiger charge is -2.09. The molecule has 20 heavy (non-hydrogen) atoms. The van der Waals surface area contributed by atoms with E-state index in [0.29, 0.717) is 11.3 Å². The van der Waals surface area contributed by atoms with E-state index in [9.17, 15) is 13.2 Å². The normalized spacial score (nSPS) is 11.4. The second-order valence-corrected chi connectivity index (χ2v) is 4.31. The molecule has 0 saturated carbocycles. The van der Waals surface area contributed by atoms with Gasteiger partial charge in [0.25, 0.3) is 0 Å². The fourth-order valence-electron chi connectivity index (χ4n) is 1.78. The Bertz CT molecular complexity index is 574. The van der Waals surface area contributed by atoms with Gasteiger partial charge in [0.2, 0.25) is 5.82 Å². The van der Waals surface area contributed by atoms with Crippen molar-refractivity contribution in [3.05, 3.63) is 24.0 Å². The van der Waals surface area contributed by atoms with Gasteiger partial charge in [-0.1, -0.05) is 13.8 Å². The van der Waals surface area contributed by atoms with Crippen molar-refractivity contribution in [2.24, 2.45) is 7.05 Å². The quantitative estimate of drug-likeness (QED) is 0.818. The summed E-state index contributed by atoms with van der Waals surface area (Å²) in [6.07, 6.45) is -4.49. The predicted molar refractivity (Wildman–Crippen MR) is 72.8 cm³/mol. The third-order valence-corrected chi connectivity index (χ3v) is 2.48. The highest BCUT2D eigenvalue weighted by Gasteiger charge is 2.36. The van der Waals surface area contributed by atoms with E-state index >= 15 is 0 Å². The Morgan fingerprint density at radius 1 is 1.20 bits per heavy atom. The number of halogens is 3. The highest BCUT2D eigenvalue weighted by Crippen LogP contribution is 2.31. The molecule has 0 N–H and O–H groups in total. The summed E-state index contributed by atoms with van der Waals surface area (Å²) >= 11 is 0. The van der Waals surface area contributed by atoms with Gasteiger partial charge in [-0.15, -0.1) is 0 Å². The number of ether oxygens (including phenoxy) is 1. The lowest BCUT2D eigenvalue weighted by molar-refractivity contribution is -0.146. The topological polar surface area (TPSA) is 27.1 Å². The number of rotatable bonds is 2. The minimum absolute atomic E-state index is 0.0340. The summed E-state index contributed by atoms with van der Waals surface area (Å²) in [6.45, 7) is 7.70. The fraction of sp³-hybridized carbons (Fsp3) is 0.500. The lowest BCUT2D eigenvalue weighted by Crippen LogP contribution is -2.12. The van der Waals surface area contributed by atoms with E-state index < -0.39 is 12.0 Å². The number of hydrogen-bond acceptors (Lipinski definition) is 2. The van der Waals surface area contributed by atoms with Crippen LogP contribution in [0.4, 0.5) is 13.2 Å². The molecule has 0 saturated heterocycles. The van der Waals surface area contributed by atoms with Gasteiger partial charge in [0.1, 0.15) is 5.75 Å². The lowest BCUT2D eigenvalue weighted by atomic mass is 10.3. The molecular weight excluding hydrogens is 269 g/mol. The summed E-state index contributed by atoms with van der Waals surface area (Å²) in [6, 6.07) is 4.74. The van der Waals surface area contributed by atoms with Crippen LogP contribution >= 0.6 is 0 Å². The second-order valence-electron chi connectivity index (χ2n) is 4.31. The molecule has 112 valence electrons. The van der Waals surface area contributed by atoms with Crippen molar-refractivity contribution in [1.82, 2.24) is 9.55 Å².